The minimum Gasteiger partial charge on any atom is -0.464 e. The van der Waals surface area contributed by atoms with Crippen molar-refractivity contribution in [2.45, 2.75) is 13.5 Å². The summed E-state index contributed by atoms with van der Waals surface area (Å²) in [6.07, 6.45) is 4.15. The molecule has 0 unspecified atom stereocenters. The molecule has 0 saturated heterocycles. The van der Waals surface area contributed by atoms with Crippen molar-refractivity contribution in [2.75, 3.05) is 0 Å². The molecule has 2 rings (SSSR count). The maximum absolute atomic E-state index is 10.7. The van der Waals surface area contributed by atoms with Gasteiger partial charge in [0.25, 0.3) is 0 Å². The van der Waals surface area contributed by atoms with Gasteiger partial charge in [-0.05, 0) is 6.92 Å². The summed E-state index contributed by atoms with van der Waals surface area (Å²) in [6.45, 7) is 2.82. The van der Waals surface area contributed by atoms with Crippen molar-refractivity contribution in [1.29, 1.82) is 0 Å². The van der Waals surface area contributed by atoms with E-state index in [2.05, 4.69) is 0 Å². The van der Waals surface area contributed by atoms with Gasteiger partial charge in [0.1, 0.15) is 0 Å². The summed E-state index contributed by atoms with van der Waals surface area (Å²) in [4.78, 5) is 10.7. The molecule has 0 amide bonds. The lowest BCUT2D eigenvalue weighted by Crippen LogP contribution is -2.36. The predicted molar refractivity (Wildman–Crippen MR) is 44.7 cm³/mol. The number of aryl methyl sites for hydroxylation is 1. The summed E-state index contributed by atoms with van der Waals surface area (Å²) in [5.41, 5.74) is 0.661. The van der Waals surface area contributed by atoms with Crippen LogP contribution in [0.2, 0.25) is 0 Å². The van der Waals surface area contributed by atoms with Crippen LogP contribution in [-0.2, 0) is 6.54 Å². The van der Waals surface area contributed by atoms with E-state index in [9.17, 15) is 4.79 Å². The Kier molecular flexibility index (Phi) is 1.58. The molecule has 0 aliphatic heterocycles. The molecule has 2 heterocycles. The van der Waals surface area contributed by atoms with E-state index >= 15 is 0 Å². The van der Waals surface area contributed by atoms with Gasteiger partial charge in [-0.3, -0.25) is 0 Å². The molecule has 0 saturated carbocycles. The van der Waals surface area contributed by atoms with E-state index in [4.69, 9.17) is 5.11 Å². The molecule has 2 aromatic heterocycles. The first-order valence-corrected chi connectivity index (χ1v) is 4.05. The minimum absolute atomic E-state index is 0.661. The van der Waals surface area contributed by atoms with Crippen LogP contribution < -0.4 is 4.68 Å². The zero-order valence-electron chi connectivity index (χ0n) is 7.21. The van der Waals surface area contributed by atoms with Gasteiger partial charge >= 0.3 is 6.09 Å². The van der Waals surface area contributed by atoms with Crippen LogP contribution in [0.3, 0.4) is 0 Å². The van der Waals surface area contributed by atoms with Gasteiger partial charge in [-0.25, -0.2) is 9.36 Å². The van der Waals surface area contributed by atoms with Crippen LogP contribution in [0.5, 0.6) is 0 Å². The van der Waals surface area contributed by atoms with Gasteiger partial charge in [-0.2, -0.15) is 0 Å². The second-order valence-corrected chi connectivity index (χ2v) is 2.72. The van der Waals surface area contributed by atoms with Crippen LogP contribution in [-0.4, -0.2) is 20.3 Å². The lowest BCUT2D eigenvalue weighted by molar-refractivity contribution is -0.757. The first-order chi connectivity index (χ1) is 6.24. The highest BCUT2D eigenvalue weighted by Gasteiger charge is 2.13. The number of fused-ring (bicyclic) bond motifs is 1. The van der Waals surface area contributed by atoms with Gasteiger partial charge in [0.2, 0.25) is 0 Å². The molecule has 0 aliphatic carbocycles. The Morgan fingerprint density at radius 1 is 1.62 bits per heavy atom. The summed E-state index contributed by atoms with van der Waals surface area (Å²) >= 11 is 0. The highest BCUT2D eigenvalue weighted by Crippen LogP contribution is 2.01. The van der Waals surface area contributed by atoms with Crippen LogP contribution >= 0.6 is 0 Å². The van der Waals surface area contributed by atoms with Gasteiger partial charge in [-0.15, -0.1) is 9.20 Å². The maximum atomic E-state index is 10.7. The summed E-state index contributed by atoms with van der Waals surface area (Å²) in [5, 5.41) is 8.79. The van der Waals surface area contributed by atoms with E-state index < -0.39 is 6.09 Å². The molecule has 2 aromatic rings. The Hall–Kier alpha value is -1.78. The van der Waals surface area contributed by atoms with E-state index in [1.165, 1.54) is 10.8 Å². The molecule has 13 heavy (non-hydrogen) atoms. The largest absolute Gasteiger partial charge is 0.464 e. The van der Waals surface area contributed by atoms with E-state index in [0.717, 1.165) is 6.54 Å². The van der Waals surface area contributed by atoms with Crippen LogP contribution in [0.1, 0.15) is 6.92 Å². The molecule has 5 heteroatoms. The summed E-state index contributed by atoms with van der Waals surface area (Å²) < 4.78 is 4.91. The molecular weight excluding hydrogens is 170 g/mol. The summed E-state index contributed by atoms with van der Waals surface area (Å²) in [6, 6.07) is 1.78. The number of aromatic nitrogens is 3. The lowest BCUT2D eigenvalue weighted by Gasteiger charge is -1.90. The Bertz CT molecular complexity index is 455. The second kappa shape index (κ2) is 2.62. The van der Waals surface area contributed by atoms with Crippen LogP contribution in [0, 0.1) is 0 Å². The third-order valence-corrected chi connectivity index (χ3v) is 2.04. The van der Waals surface area contributed by atoms with E-state index in [0.29, 0.717) is 5.65 Å². The normalized spacial score (nSPS) is 10.8. The molecule has 0 fully saturated rings. The third kappa shape index (κ3) is 1.00. The molecule has 0 spiro atoms. The average Bonchev–Trinajstić information content (AvgIpc) is 2.61. The summed E-state index contributed by atoms with van der Waals surface area (Å²) in [5.74, 6) is 0. The quantitative estimate of drug-likeness (QED) is 0.652. The van der Waals surface area contributed by atoms with Crippen molar-refractivity contribution in [1.82, 2.24) is 9.08 Å². The lowest BCUT2D eigenvalue weighted by atomic mass is 10.6. The van der Waals surface area contributed by atoms with Crippen molar-refractivity contribution >= 4 is 11.7 Å². The molecule has 68 valence electrons. The van der Waals surface area contributed by atoms with E-state index in [1.807, 2.05) is 17.8 Å². The van der Waals surface area contributed by atoms with Crippen LogP contribution in [0.4, 0.5) is 4.79 Å². The first-order valence-electron chi connectivity index (χ1n) is 4.05. The van der Waals surface area contributed by atoms with Gasteiger partial charge in [0.15, 0.2) is 18.4 Å². The maximum Gasteiger partial charge on any atom is 0.417 e. The number of hydrogen-bond donors (Lipinski definition) is 1. The van der Waals surface area contributed by atoms with E-state index in [1.54, 1.807) is 16.8 Å². The molecule has 1 N–H and O–H groups in total. The van der Waals surface area contributed by atoms with Crippen molar-refractivity contribution < 1.29 is 14.6 Å². The monoisotopic (exact) mass is 180 g/mol. The number of carboxylic acid groups (broad SMARTS) is 1. The van der Waals surface area contributed by atoms with Crippen LogP contribution in [0.25, 0.3) is 5.65 Å². The molecule has 0 atom stereocenters. The molecule has 0 aromatic carbocycles. The number of carbonyl (C=O) groups is 1. The van der Waals surface area contributed by atoms with Crippen molar-refractivity contribution in [3.05, 3.63) is 24.7 Å². The van der Waals surface area contributed by atoms with Crippen molar-refractivity contribution in [3.8, 4) is 0 Å². The standard InChI is InChI=1S/C8H9N3O2/c1-2-9-4-3-7-10(8(12)13)5-6-11(7)9/h3-6H,2H2,1H3/p+1. The number of hydrogen-bond acceptors (Lipinski definition) is 1. The fourth-order valence-corrected chi connectivity index (χ4v) is 1.41. The molecule has 0 aliphatic rings. The van der Waals surface area contributed by atoms with Gasteiger partial charge in [0.05, 0.1) is 12.3 Å². The average molecular weight is 180 g/mol. The summed E-state index contributed by atoms with van der Waals surface area (Å²) in [7, 11) is 0. The van der Waals surface area contributed by atoms with Crippen molar-refractivity contribution in [3.63, 3.8) is 0 Å². The predicted octanol–water partition coefficient (Wildman–Crippen LogP) is 0.574. The highest BCUT2D eigenvalue weighted by atomic mass is 16.4. The molecule has 0 bridgehead atoms. The van der Waals surface area contributed by atoms with Gasteiger partial charge in [-0.1, -0.05) is 0 Å². The Morgan fingerprint density at radius 2 is 2.38 bits per heavy atom. The molecule has 5 nitrogen and oxygen atoms in total. The Labute approximate surface area is 74.4 Å². The molecule has 0 radical (unpaired) electrons. The number of imidazole rings is 1. The van der Waals surface area contributed by atoms with Gasteiger partial charge < -0.3 is 5.11 Å². The Morgan fingerprint density at radius 3 is 3.00 bits per heavy atom. The fraction of sp³-hybridized carbons (Fsp3) is 0.250. The number of nitrogens with zero attached hydrogens (tertiary/aromatic N) is 3. The first kappa shape index (κ1) is 7.85. The SMILES string of the molecule is CC[n+]1ccc2n(C(=O)O)ccn21. The topological polar surface area (TPSA) is 50.5 Å². The second-order valence-electron chi connectivity index (χ2n) is 2.72. The van der Waals surface area contributed by atoms with E-state index in [-0.39, 0.29) is 0 Å². The molecular formula is C8H10N3O2+. The van der Waals surface area contributed by atoms with Crippen LogP contribution in [0.15, 0.2) is 24.7 Å². The van der Waals surface area contributed by atoms with Crippen molar-refractivity contribution in [2.24, 2.45) is 0 Å². The Balaban J connectivity index is 2.69. The fourth-order valence-electron chi connectivity index (χ4n) is 1.41. The zero-order valence-corrected chi connectivity index (χ0v) is 7.21. The zero-order chi connectivity index (χ0) is 9.42. The third-order valence-electron chi connectivity index (χ3n) is 2.04. The smallest absolute Gasteiger partial charge is 0.417 e. The minimum atomic E-state index is -0.962. The van der Waals surface area contributed by atoms with Gasteiger partial charge in [0, 0.05) is 6.20 Å². The number of rotatable bonds is 1. The highest BCUT2D eigenvalue weighted by molar-refractivity contribution is 5.73.